The van der Waals surface area contributed by atoms with Gasteiger partial charge in [0.1, 0.15) is 5.82 Å². The molecule has 2 aliphatic heterocycles. The third-order valence-electron chi connectivity index (χ3n) is 5.19. The average molecular weight is 406 g/mol. The van der Waals surface area contributed by atoms with Gasteiger partial charge in [0.25, 0.3) is 0 Å². The number of nitrogens with zero attached hydrogens (tertiary/aromatic N) is 2. The fraction of sp³-hybridized carbons (Fsp3) is 0.0435. The summed E-state index contributed by atoms with van der Waals surface area (Å²) in [6.45, 7) is 0.342. The summed E-state index contributed by atoms with van der Waals surface area (Å²) in [5.74, 6) is -0.259. The van der Waals surface area contributed by atoms with E-state index in [0.717, 1.165) is 22.5 Å². The molecule has 6 heteroatoms. The number of quaternary nitrogens is 1. The van der Waals surface area contributed by atoms with E-state index in [1.165, 1.54) is 6.07 Å². The molecule has 1 atom stereocenters. The molecule has 144 valence electrons. The second-order valence-electron chi connectivity index (χ2n) is 6.97. The highest BCUT2D eigenvalue weighted by molar-refractivity contribution is 6.30. The lowest BCUT2D eigenvalue weighted by atomic mass is 9.98. The lowest BCUT2D eigenvalue weighted by Crippen LogP contribution is -3.10. The number of nitrogens with one attached hydrogen (secondary N) is 1. The van der Waals surface area contributed by atoms with Crippen LogP contribution in [0.5, 0.6) is 0 Å². The number of anilines is 2. The van der Waals surface area contributed by atoms with Crippen molar-refractivity contribution in [2.24, 2.45) is 0 Å². The number of fused-ring (bicyclic) bond motifs is 3. The topological polar surface area (TPSA) is 34.0 Å². The lowest BCUT2D eigenvalue weighted by molar-refractivity contribution is -0.801. The zero-order valence-electron chi connectivity index (χ0n) is 15.3. The normalized spacial score (nSPS) is 17.6. The van der Waals surface area contributed by atoms with Crippen LogP contribution >= 0.6 is 11.6 Å². The monoisotopic (exact) mass is 405 g/mol. The van der Waals surface area contributed by atoms with Gasteiger partial charge in [-0.1, -0.05) is 48.0 Å². The summed E-state index contributed by atoms with van der Waals surface area (Å²) in [5.41, 5.74) is 4.68. The quantitative estimate of drug-likeness (QED) is 0.651. The van der Waals surface area contributed by atoms with Crippen molar-refractivity contribution in [1.29, 1.82) is 0 Å². The average Bonchev–Trinajstić information content (AvgIpc) is 3.07. The molecular weight excluding hydrogens is 389 g/mol. The van der Waals surface area contributed by atoms with Gasteiger partial charge in [-0.2, -0.15) is 5.01 Å². The molecule has 0 aromatic heterocycles. The Kier molecular flexibility index (Phi) is 4.36. The van der Waals surface area contributed by atoms with Crippen LogP contribution in [-0.2, 0) is 6.54 Å². The SMILES string of the molecule is [O-][NH+]1C2=CN(Cc3ccccc3F)c3ccccc3C2=CN1c1ccc(Cl)cc1. The predicted molar refractivity (Wildman–Crippen MR) is 113 cm³/mol. The van der Waals surface area contributed by atoms with E-state index < -0.39 is 0 Å². The van der Waals surface area contributed by atoms with Crippen molar-refractivity contribution in [1.82, 2.24) is 0 Å². The van der Waals surface area contributed by atoms with E-state index in [4.69, 9.17) is 11.6 Å². The summed E-state index contributed by atoms with van der Waals surface area (Å²) >= 11 is 5.98. The largest absolute Gasteiger partial charge is 0.602 e. The van der Waals surface area contributed by atoms with Gasteiger partial charge in [0.05, 0.1) is 30.2 Å². The molecule has 0 bridgehead atoms. The molecule has 2 aliphatic rings. The van der Waals surface area contributed by atoms with Crippen molar-refractivity contribution in [3.63, 3.8) is 0 Å². The fourth-order valence-electron chi connectivity index (χ4n) is 3.75. The van der Waals surface area contributed by atoms with Crippen LogP contribution in [0.2, 0.25) is 5.02 Å². The first-order chi connectivity index (χ1) is 14.1. The summed E-state index contributed by atoms with van der Waals surface area (Å²) in [4.78, 5) is 1.93. The van der Waals surface area contributed by atoms with E-state index in [-0.39, 0.29) is 11.0 Å². The minimum atomic E-state index is -0.259. The maximum Gasteiger partial charge on any atom is 0.182 e. The van der Waals surface area contributed by atoms with E-state index in [9.17, 15) is 9.60 Å². The maximum absolute atomic E-state index is 14.2. The molecule has 3 aromatic rings. The van der Waals surface area contributed by atoms with E-state index >= 15 is 0 Å². The van der Waals surface area contributed by atoms with Crippen LogP contribution in [0.15, 0.2) is 90.9 Å². The Morgan fingerprint density at radius 3 is 2.41 bits per heavy atom. The van der Waals surface area contributed by atoms with Crippen molar-refractivity contribution >= 4 is 28.5 Å². The van der Waals surface area contributed by atoms with Gasteiger partial charge in [-0.3, -0.25) is 0 Å². The van der Waals surface area contributed by atoms with Gasteiger partial charge < -0.3 is 10.1 Å². The van der Waals surface area contributed by atoms with Crippen molar-refractivity contribution in [2.75, 3.05) is 9.91 Å². The minimum Gasteiger partial charge on any atom is -0.602 e. The molecular formula is C23H17ClFN3O. The highest BCUT2D eigenvalue weighted by Gasteiger charge is 2.35. The summed E-state index contributed by atoms with van der Waals surface area (Å²) < 4.78 is 14.2. The molecule has 2 heterocycles. The van der Waals surface area contributed by atoms with Crippen molar-refractivity contribution in [3.8, 4) is 0 Å². The Labute approximate surface area is 172 Å². The first-order valence-corrected chi connectivity index (χ1v) is 9.62. The molecule has 1 N–H and O–H groups in total. The maximum atomic E-state index is 14.2. The molecule has 0 radical (unpaired) electrons. The lowest BCUT2D eigenvalue weighted by Gasteiger charge is -2.32. The number of para-hydroxylation sites is 1. The zero-order chi connectivity index (χ0) is 20.0. The third-order valence-corrected chi connectivity index (χ3v) is 5.44. The van der Waals surface area contributed by atoms with Gasteiger partial charge in [0.2, 0.25) is 0 Å². The molecule has 0 saturated heterocycles. The number of allylic oxidation sites excluding steroid dienone is 1. The first kappa shape index (κ1) is 17.9. The van der Waals surface area contributed by atoms with E-state index in [0.29, 0.717) is 22.8 Å². The van der Waals surface area contributed by atoms with Crippen molar-refractivity contribution in [3.05, 3.63) is 118 Å². The molecule has 0 spiro atoms. The van der Waals surface area contributed by atoms with Crippen molar-refractivity contribution in [2.45, 2.75) is 6.54 Å². The smallest absolute Gasteiger partial charge is 0.182 e. The summed E-state index contributed by atoms with van der Waals surface area (Å²) in [5, 5.41) is 15.3. The number of hydroxylamine groups is 1. The predicted octanol–water partition coefficient (Wildman–Crippen LogP) is 4.50. The van der Waals surface area contributed by atoms with Crippen LogP contribution < -0.4 is 15.1 Å². The second kappa shape index (κ2) is 7.04. The zero-order valence-corrected chi connectivity index (χ0v) is 16.1. The molecule has 0 fully saturated rings. The van der Waals surface area contributed by atoms with Gasteiger partial charge >= 0.3 is 0 Å². The van der Waals surface area contributed by atoms with Crippen LogP contribution in [0.4, 0.5) is 15.8 Å². The summed E-state index contributed by atoms with van der Waals surface area (Å²) in [6, 6.07) is 21.7. The van der Waals surface area contributed by atoms with Crippen LogP contribution in [0.3, 0.4) is 0 Å². The van der Waals surface area contributed by atoms with Crippen molar-refractivity contribution < 1.29 is 9.56 Å². The minimum absolute atomic E-state index is 0.115. The number of benzene rings is 3. The Morgan fingerprint density at radius 2 is 1.62 bits per heavy atom. The van der Waals surface area contributed by atoms with E-state index in [1.807, 2.05) is 59.8 Å². The van der Waals surface area contributed by atoms with Gasteiger partial charge in [0.15, 0.2) is 5.70 Å². The highest BCUT2D eigenvalue weighted by Crippen LogP contribution is 2.38. The van der Waals surface area contributed by atoms with Crippen LogP contribution in [0, 0.1) is 11.0 Å². The summed E-state index contributed by atoms with van der Waals surface area (Å²) in [7, 11) is 0. The first-order valence-electron chi connectivity index (χ1n) is 9.24. The highest BCUT2D eigenvalue weighted by atomic mass is 35.5. The number of hydrogen-bond donors (Lipinski definition) is 1. The molecule has 0 aliphatic carbocycles. The van der Waals surface area contributed by atoms with Gasteiger partial charge in [-0.15, -0.1) is 0 Å². The number of hydrogen-bond acceptors (Lipinski definition) is 3. The summed E-state index contributed by atoms with van der Waals surface area (Å²) in [6.07, 6.45) is 3.68. The molecule has 0 amide bonds. The Balaban J connectivity index is 1.57. The Bertz CT molecular complexity index is 1140. The number of rotatable bonds is 3. The van der Waals surface area contributed by atoms with Gasteiger partial charge in [-0.05, 0) is 36.4 Å². The Morgan fingerprint density at radius 1 is 0.897 bits per heavy atom. The van der Waals surface area contributed by atoms with E-state index in [1.54, 1.807) is 29.3 Å². The Hall–Kier alpha value is -3.12. The van der Waals surface area contributed by atoms with Crippen LogP contribution in [0.25, 0.3) is 5.57 Å². The van der Waals surface area contributed by atoms with Gasteiger partial charge in [-0.25, -0.2) is 9.56 Å². The van der Waals surface area contributed by atoms with Crippen LogP contribution in [0.1, 0.15) is 11.1 Å². The fourth-order valence-corrected chi connectivity index (χ4v) is 3.88. The molecule has 3 aromatic carbocycles. The van der Waals surface area contributed by atoms with Gasteiger partial charge in [0, 0.05) is 21.8 Å². The molecule has 4 nitrogen and oxygen atoms in total. The molecule has 5 rings (SSSR count). The second-order valence-corrected chi connectivity index (χ2v) is 7.41. The van der Waals surface area contributed by atoms with Crippen LogP contribution in [-0.4, -0.2) is 0 Å². The number of halogens is 2. The van der Waals surface area contributed by atoms with E-state index in [2.05, 4.69) is 0 Å². The molecule has 0 saturated carbocycles. The third kappa shape index (κ3) is 3.09. The standard InChI is InChI=1S/C23H17ClFN3O/c24-17-9-11-18(12-10-17)27-14-20-19-6-2-4-8-22(19)26(15-23(20)28(27)29)13-16-5-1-3-7-21(16)25/h1-12,14-15,28H,13H2. The molecule has 1 unspecified atom stereocenters. The molecule has 29 heavy (non-hydrogen) atoms.